The number of aliphatic hydroxyl groups is 1. The Morgan fingerprint density at radius 2 is 2.00 bits per heavy atom. The maximum atomic E-state index is 9.73. The molecule has 29 heavy (non-hydrogen) atoms. The lowest BCUT2D eigenvalue weighted by Gasteiger charge is -2.26. The summed E-state index contributed by atoms with van der Waals surface area (Å²) < 4.78 is 3.26. The van der Waals surface area contributed by atoms with Crippen molar-refractivity contribution in [3.63, 3.8) is 0 Å². The van der Waals surface area contributed by atoms with Crippen LogP contribution in [-0.4, -0.2) is 31.9 Å². The fourth-order valence-electron chi connectivity index (χ4n) is 4.27. The molecule has 150 valence electrons. The highest BCUT2D eigenvalue weighted by molar-refractivity contribution is 7.22. The Bertz CT molecular complexity index is 1170. The molecule has 0 radical (unpaired) electrons. The molecule has 1 aliphatic rings. The largest absolute Gasteiger partial charge is 0.393 e. The van der Waals surface area contributed by atoms with Crippen LogP contribution in [0.1, 0.15) is 43.7 Å². The van der Waals surface area contributed by atoms with E-state index in [-0.39, 0.29) is 6.10 Å². The van der Waals surface area contributed by atoms with Crippen LogP contribution in [0, 0.1) is 6.92 Å². The topological polar surface area (TPSA) is 62.5 Å². The molecule has 1 saturated carbocycles. The molecule has 0 spiro atoms. The molecule has 0 atom stereocenters. The maximum absolute atomic E-state index is 9.73. The van der Waals surface area contributed by atoms with Crippen LogP contribution in [0.5, 0.6) is 0 Å². The van der Waals surface area contributed by atoms with Gasteiger partial charge in [-0.05, 0) is 73.7 Å². The zero-order valence-corrected chi connectivity index (χ0v) is 17.7. The quantitative estimate of drug-likeness (QED) is 0.489. The number of imidazole rings is 1. The summed E-state index contributed by atoms with van der Waals surface area (Å²) in [4.78, 5) is 5.81. The second kappa shape index (κ2) is 7.43. The van der Waals surface area contributed by atoms with Gasteiger partial charge in [-0.2, -0.15) is 0 Å². The van der Waals surface area contributed by atoms with Crippen LogP contribution < -0.4 is 5.32 Å². The van der Waals surface area contributed by atoms with Crippen LogP contribution in [0.15, 0.2) is 36.5 Å². The van der Waals surface area contributed by atoms with Gasteiger partial charge in [0.2, 0.25) is 0 Å². The molecule has 5 nitrogen and oxygen atoms in total. The van der Waals surface area contributed by atoms with E-state index >= 15 is 0 Å². The van der Waals surface area contributed by atoms with Gasteiger partial charge in [0.15, 0.2) is 5.65 Å². The highest BCUT2D eigenvalue weighted by Gasteiger charge is 2.20. The van der Waals surface area contributed by atoms with Crippen molar-refractivity contribution in [2.45, 2.75) is 58.1 Å². The van der Waals surface area contributed by atoms with Gasteiger partial charge in [0, 0.05) is 10.7 Å². The summed E-state index contributed by atoms with van der Waals surface area (Å²) in [6, 6.07) is 11.2. The van der Waals surface area contributed by atoms with Gasteiger partial charge in [-0.25, -0.2) is 9.50 Å². The number of nitrogens with one attached hydrogen (secondary N) is 1. The summed E-state index contributed by atoms with van der Waals surface area (Å²) in [5.41, 5.74) is 4.56. The number of hydrogen-bond acceptors (Lipinski definition) is 5. The van der Waals surface area contributed by atoms with Crippen molar-refractivity contribution in [3.05, 3.63) is 47.7 Å². The predicted octanol–water partition coefficient (Wildman–Crippen LogP) is 5.20. The van der Waals surface area contributed by atoms with E-state index in [1.165, 1.54) is 26.1 Å². The number of aryl methyl sites for hydroxylation is 2. The average Bonchev–Trinajstić information content (AvgIpc) is 3.30. The van der Waals surface area contributed by atoms with Gasteiger partial charge in [0.05, 0.1) is 17.2 Å². The number of thiophene rings is 1. The maximum Gasteiger partial charge on any atom is 0.154 e. The van der Waals surface area contributed by atoms with E-state index < -0.39 is 0 Å². The SMILES string of the molecule is CCc1ccc2sc(-c3cnc4ccc(NC5CCC(O)CC5)nn34)c(C)c2c1. The average molecular weight is 407 g/mol. The van der Waals surface area contributed by atoms with Crippen molar-refractivity contribution in [1.29, 1.82) is 0 Å². The Kier molecular flexibility index (Phi) is 4.76. The molecule has 0 unspecified atom stereocenters. The highest BCUT2D eigenvalue weighted by Crippen LogP contribution is 2.38. The third-order valence-corrected chi connectivity index (χ3v) is 7.35. The third kappa shape index (κ3) is 3.40. The zero-order chi connectivity index (χ0) is 20.0. The number of hydrogen-bond donors (Lipinski definition) is 2. The number of nitrogens with zero attached hydrogens (tertiary/aromatic N) is 3. The van der Waals surface area contributed by atoms with Gasteiger partial charge in [-0.1, -0.05) is 19.1 Å². The molecule has 0 aliphatic heterocycles. The minimum atomic E-state index is -0.145. The van der Waals surface area contributed by atoms with Crippen molar-refractivity contribution in [3.8, 4) is 10.6 Å². The van der Waals surface area contributed by atoms with E-state index in [0.717, 1.165) is 49.3 Å². The molecule has 6 heteroatoms. The Morgan fingerprint density at radius 1 is 1.17 bits per heavy atom. The Labute approximate surface area is 174 Å². The van der Waals surface area contributed by atoms with E-state index in [0.29, 0.717) is 6.04 Å². The van der Waals surface area contributed by atoms with Crippen LogP contribution >= 0.6 is 11.3 Å². The fraction of sp³-hybridized carbons (Fsp3) is 0.391. The van der Waals surface area contributed by atoms with Crippen molar-refractivity contribution in [1.82, 2.24) is 14.6 Å². The van der Waals surface area contributed by atoms with Crippen LogP contribution in [-0.2, 0) is 6.42 Å². The van der Waals surface area contributed by atoms with Gasteiger partial charge in [0.1, 0.15) is 11.5 Å². The van der Waals surface area contributed by atoms with Gasteiger partial charge >= 0.3 is 0 Å². The van der Waals surface area contributed by atoms with Crippen molar-refractivity contribution in [2.24, 2.45) is 0 Å². The Morgan fingerprint density at radius 3 is 2.79 bits per heavy atom. The van der Waals surface area contributed by atoms with Crippen molar-refractivity contribution >= 4 is 32.9 Å². The van der Waals surface area contributed by atoms with Crippen molar-refractivity contribution in [2.75, 3.05) is 5.32 Å². The predicted molar refractivity (Wildman–Crippen MR) is 120 cm³/mol. The third-order valence-electron chi connectivity index (χ3n) is 6.05. The summed E-state index contributed by atoms with van der Waals surface area (Å²) in [6.45, 7) is 4.39. The Hall–Kier alpha value is -2.44. The first-order valence-corrected chi connectivity index (χ1v) is 11.3. The van der Waals surface area contributed by atoms with Gasteiger partial charge < -0.3 is 10.4 Å². The molecule has 3 heterocycles. The van der Waals surface area contributed by atoms with Gasteiger partial charge in [0.25, 0.3) is 0 Å². The normalized spacial score (nSPS) is 19.8. The first-order chi connectivity index (χ1) is 14.1. The molecule has 2 N–H and O–H groups in total. The molecule has 0 saturated heterocycles. The van der Waals surface area contributed by atoms with E-state index in [1.54, 1.807) is 0 Å². The number of anilines is 1. The van der Waals surface area contributed by atoms with Crippen LogP contribution in [0.25, 0.3) is 26.3 Å². The summed E-state index contributed by atoms with van der Waals surface area (Å²) in [6.07, 6.45) is 6.51. The van der Waals surface area contributed by atoms with Crippen LogP contribution in [0.2, 0.25) is 0 Å². The van der Waals surface area contributed by atoms with E-state index in [4.69, 9.17) is 5.10 Å². The minimum absolute atomic E-state index is 0.145. The van der Waals surface area contributed by atoms with Gasteiger partial charge in [-0.15, -0.1) is 16.4 Å². The lowest BCUT2D eigenvalue weighted by molar-refractivity contribution is 0.126. The first-order valence-electron chi connectivity index (χ1n) is 10.4. The summed E-state index contributed by atoms with van der Waals surface area (Å²) >= 11 is 1.81. The molecule has 5 rings (SSSR count). The molecule has 3 aromatic heterocycles. The molecule has 1 fully saturated rings. The molecule has 1 aromatic carbocycles. The van der Waals surface area contributed by atoms with Crippen LogP contribution in [0.3, 0.4) is 0 Å². The van der Waals surface area contributed by atoms with E-state index in [1.807, 2.05) is 34.2 Å². The molecule has 0 amide bonds. The van der Waals surface area contributed by atoms with Crippen LogP contribution in [0.4, 0.5) is 5.82 Å². The highest BCUT2D eigenvalue weighted by atomic mass is 32.1. The van der Waals surface area contributed by atoms with Gasteiger partial charge in [-0.3, -0.25) is 0 Å². The monoisotopic (exact) mass is 406 g/mol. The standard InChI is InChI=1S/C23H26N4OS/c1-3-15-4-9-20-18(12-15)14(2)23(29-20)19-13-24-22-11-10-21(26-27(19)22)25-16-5-7-17(28)8-6-16/h4,9-13,16-17,28H,3,5-8H2,1-2H3,(H,25,26). The van der Waals surface area contributed by atoms with E-state index in [2.05, 4.69) is 42.3 Å². The number of aliphatic hydroxyl groups excluding tert-OH is 1. The second-order valence-corrected chi connectivity index (χ2v) is 9.07. The summed E-state index contributed by atoms with van der Waals surface area (Å²) in [5.74, 6) is 0.866. The first kappa shape index (κ1) is 18.6. The zero-order valence-electron chi connectivity index (χ0n) is 16.9. The summed E-state index contributed by atoms with van der Waals surface area (Å²) in [5, 5.41) is 19.5. The number of rotatable bonds is 4. The lowest BCUT2D eigenvalue weighted by Crippen LogP contribution is -2.28. The molecule has 4 aromatic rings. The van der Waals surface area contributed by atoms with Crippen molar-refractivity contribution < 1.29 is 5.11 Å². The minimum Gasteiger partial charge on any atom is -0.393 e. The second-order valence-electron chi connectivity index (χ2n) is 8.02. The Balaban J connectivity index is 1.52. The number of aromatic nitrogens is 3. The molecule has 0 bridgehead atoms. The number of benzene rings is 1. The molecular formula is C23H26N4OS. The number of fused-ring (bicyclic) bond motifs is 2. The lowest BCUT2D eigenvalue weighted by atomic mass is 9.93. The molecule has 1 aliphatic carbocycles. The molecular weight excluding hydrogens is 380 g/mol. The fourth-order valence-corrected chi connectivity index (χ4v) is 5.45. The smallest absolute Gasteiger partial charge is 0.154 e. The van der Waals surface area contributed by atoms with E-state index in [9.17, 15) is 5.11 Å². The summed E-state index contributed by atoms with van der Waals surface area (Å²) in [7, 11) is 0.